The number of nitrogens with one attached hydrogen (secondary N) is 2. The average molecular weight is 573 g/mol. The SMILES string of the molecule is NC(=O)c1nn(CC(=O)N2C3CCC(C3)C2C(=O)Nc2cccc(Cl)n2)c2cc(NC(=O)c3ccccn3)ccc12. The van der Waals surface area contributed by atoms with Crippen molar-refractivity contribution in [2.45, 2.75) is 37.9 Å². The van der Waals surface area contributed by atoms with E-state index >= 15 is 0 Å². The van der Waals surface area contributed by atoms with Crippen molar-refractivity contribution in [2.24, 2.45) is 11.7 Å². The maximum absolute atomic E-state index is 13.8. The van der Waals surface area contributed by atoms with Gasteiger partial charge in [-0.3, -0.25) is 28.8 Å². The highest BCUT2D eigenvalue weighted by Crippen LogP contribution is 2.43. The van der Waals surface area contributed by atoms with Crippen LogP contribution in [-0.2, 0) is 16.1 Å². The molecule has 1 aromatic carbocycles. The molecule has 4 N–H and O–H groups in total. The average Bonchev–Trinajstić information content (AvgIpc) is 3.67. The van der Waals surface area contributed by atoms with Crippen molar-refractivity contribution >= 4 is 57.6 Å². The number of benzene rings is 1. The number of aromatic nitrogens is 4. The molecule has 3 aromatic heterocycles. The summed E-state index contributed by atoms with van der Waals surface area (Å²) in [5, 5.41) is 10.6. The number of piperidine rings is 1. The zero-order valence-electron chi connectivity index (χ0n) is 21.7. The minimum atomic E-state index is -0.752. The lowest BCUT2D eigenvalue weighted by atomic mass is 9.97. The van der Waals surface area contributed by atoms with E-state index in [4.69, 9.17) is 17.3 Å². The Labute approximate surface area is 238 Å². The molecule has 1 saturated carbocycles. The molecule has 0 radical (unpaired) electrons. The van der Waals surface area contributed by atoms with Crippen LogP contribution in [0.25, 0.3) is 10.9 Å². The van der Waals surface area contributed by atoms with Crippen LogP contribution in [0.2, 0.25) is 5.15 Å². The highest BCUT2D eigenvalue weighted by Gasteiger charge is 2.51. The summed E-state index contributed by atoms with van der Waals surface area (Å²) >= 11 is 5.97. The van der Waals surface area contributed by atoms with E-state index in [-0.39, 0.29) is 46.9 Å². The molecule has 12 nitrogen and oxygen atoms in total. The van der Waals surface area contributed by atoms with Gasteiger partial charge in [-0.05, 0) is 67.6 Å². The van der Waals surface area contributed by atoms with Crippen molar-refractivity contribution in [1.29, 1.82) is 0 Å². The second-order valence-corrected chi connectivity index (χ2v) is 10.5. The van der Waals surface area contributed by atoms with Gasteiger partial charge >= 0.3 is 0 Å². The van der Waals surface area contributed by atoms with Crippen LogP contribution in [0, 0.1) is 5.92 Å². The molecule has 2 bridgehead atoms. The Morgan fingerprint density at radius 1 is 1.02 bits per heavy atom. The van der Waals surface area contributed by atoms with Crippen molar-refractivity contribution in [1.82, 2.24) is 24.6 Å². The van der Waals surface area contributed by atoms with E-state index in [9.17, 15) is 19.2 Å². The second-order valence-electron chi connectivity index (χ2n) is 10.1. The second kappa shape index (κ2) is 10.6. The van der Waals surface area contributed by atoms with E-state index in [1.54, 1.807) is 59.5 Å². The molecule has 3 unspecified atom stereocenters. The number of nitrogens with zero attached hydrogens (tertiary/aromatic N) is 5. The Kier molecular flexibility index (Phi) is 6.83. The fraction of sp³-hybridized carbons (Fsp3) is 0.250. The summed E-state index contributed by atoms with van der Waals surface area (Å²) in [6, 6.07) is 14.0. The molecule has 4 amide bonds. The van der Waals surface area contributed by atoms with Crippen LogP contribution in [-0.4, -0.2) is 60.4 Å². The number of fused-ring (bicyclic) bond motifs is 3. The minimum Gasteiger partial charge on any atom is -0.364 e. The molecule has 41 heavy (non-hydrogen) atoms. The monoisotopic (exact) mass is 572 g/mol. The van der Waals surface area contributed by atoms with Crippen LogP contribution < -0.4 is 16.4 Å². The molecule has 0 spiro atoms. The van der Waals surface area contributed by atoms with E-state index < -0.39 is 17.9 Å². The van der Waals surface area contributed by atoms with Gasteiger partial charge in [-0.2, -0.15) is 5.10 Å². The largest absolute Gasteiger partial charge is 0.364 e. The smallest absolute Gasteiger partial charge is 0.274 e. The topological polar surface area (TPSA) is 165 Å². The van der Waals surface area contributed by atoms with Crippen LogP contribution in [0.15, 0.2) is 60.8 Å². The molecular weight excluding hydrogens is 548 g/mol. The fourth-order valence-electron chi connectivity index (χ4n) is 5.82. The summed E-state index contributed by atoms with van der Waals surface area (Å²) in [4.78, 5) is 61.7. The normalized spacial score (nSPS) is 19.3. The zero-order valence-corrected chi connectivity index (χ0v) is 22.4. The lowest BCUT2D eigenvalue weighted by Crippen LogP contribution is -2.52. The highest BCUT2D eigenvalue weighted by atomic mass is 35.5. The first kappa shape index (κ1) is 26.4. The van der Waals surface area contributed by atoms with Crippen molar-refractivity contribution < 1.29 is 19.2 Å². The first-order chi connectivity index (χ1) is 19.8. The maximum atomic E-state index is 13.8. The number of carbonyl (C=O) groups excluding carboxylic acids is 4. The predicted molar refractivity (Wildman–Crippen MR) is 150 cm³/mol. The number of amides is 4. The molecule has 1 saturated heterocycles. The number of carbonyl (C=O) groups is 4. The Morgan fingerprint density at radius 3 is 2.63 bits per heavy atom. The number of rotatable bonds is 7. The van der Waals surface area contributed by atoms with Crippen molar-refractivity contribution in [3.05, 3.63) is 77.3 Å². The first-order valence-electron chi connectivity index (χ1n) is 13.1. The summed E-state index contributed by atoms with van der Waals surface area (Å²) in [7, 11) is 0. The van der Waals surface area contributed by atoms with E-state index in [0.717, 1.165) is 19.3 Å². The van der Waals surface area contributed by atoms with Gasteiger partial charge in [0.1, 0.15) is 29.3 Å². The molecule has 4 heterocycles. The molecule has 2 aliphatic rings. The quantitative estimate of drug-likeness (QED) is 0.286. The molecule has 3 atom stereocenters. The summed E-state index contributed by atoms with van der Waals surface area (Å²) in [5.41, 5.74) is 6.66. The Morgan fingerprint density at radius 2 is 1.88 bits per heavy atom. The van der Waals surface area contributed by atoms with Crippen molar-refractivity contribution in [2.75, 3.05) is 10.6 Å². The van der Waals surface area contributed by atoms with E-state index in [1.165, 1.54) is 10.9 Å². The van der Waals surface area contributed by atoms with Gasteiger partial charge in [0.2, 0.25) is 11.8 Å². The molecule has 2 fully saturated rings. The van der Waals surface area contributed by atoms with Gasteiger partial charge in [-0.15, -0.1) is 0 Å². The lowest BCUT2D eigenvalue weighted by molar-refractivity contribution is -0.141. The summed E-state index contributed by atoms with van der Waals surface area (Å²) < 4.78 is 1.38. The summed E-state index contributed by atoms with van der Waals surface area (Å²) in [6.45, 7) is -0.232. The minimum absolute atomic E-state index is 0.000307. The maximum Gasteiger partial charge on any atom is 0.274 e. The fourth-order valence-corrected chi connectivity index (χ4v) is 5.98. The summed E-state index contributed by atoms with van der Waals surface area (Å²) in [5.74, 6) is -1.49. The van der Waals surface area contributed by atoms with Gasteiger partial charge in [0.25, 0.3) is 11.8 Å². The Bertz CT molecular complexity index is 1690. The van der Waals surface area contributed by atoms with Gasteiger partial charge in [0.05, 0.1) is 5.52 Å². The first-order valence-corrected chi connectivity index (χ1v) is 13.4. The standard InChI is InChI=1S/C28H25ClN8O4/c29-21-5-3-6-22(33-21)34-28(41)25-15-7-9-17(12-15)37(25)23(38)14-36-20-13-16(8-10-18(20)24(35-36)26(30)39)32-27(40)19-4-1-2-11-31-19/h1-6,8,10-11,13,15,17,25H,7,9,12,14H2,(H2,30,39)(H,32,40)(H,33,34,41). The number of halogens is 1. The van der Waals surface area contributed by atoms with E-state index in [2.05, 4.69) is 25.7 Å². The molecule has 4 aromatic rings. The van der Waals surface area contributed by atoms with Crippen LogP contribution in [0.4, 0.5) is 11.5 Å². The number of anilines is 2. The number of hydrogen-bond acceptors (Lipinski definition) is 7. The van der Waals surface area contributed by atoms with Gasteiger partial charge in [-0.1, -0.05) is 23.7 Å². The third-order valence-corrected chi connectivity index (χ3v) is 7.74. The van der Waals surface area contributed by atoms with Crippen LogP contribution in [0.1, 0.15) is 40.2 Å². The van der Waals surface area contributed by atoms with Gasteiger partial charge in [0.15, 0.2) is 5.69 Å². The zero-order chi connectivity index (χ0) is 28.7. The van der Waals surface area contributed by atoms with Crippen LogP contribution >= 0.6 is 11.6 Å². The number of primary amides is 1. The van der Waals surface area contributed by atoms with E-state index in [1.807, 2.05) is 0 Å². The molecular formula is C28H25ClN8O4. The highest BCUT2D eigenvalue weighted by molar-refractivity contribution is 6.29. The molecule has 13 heteroatoms. The van der Waals surface area contributed by atoms with Crippen molar-refractivity contribution in [3.8, 4) is 0 Å². The van der Waals surface area contributed by atoms with Gasteiger partial charge in [0, 0.05) is 23.3 Å². The third-order valence-electron chi connectivity index (χ3n) is 7.53. The predicted octanol–water partition coefficient (Wildman–Crippen LogP) is 2.85. The Hall–Kier alpha value is -4.84. The Balaban J connectivity index is 1.27. The van der Waals surface area contributed by atoms with E-state index in [0.29, 0.717) is 22.4 Å². The summed E-state index contributed by atoms with van der Waals surface area (Å²) in [6.07, 6.45) is 3.88. The van der Waals surface area contributed by atoms with Gasteiger partial charge < -0.3 is 21.3 Å². The third kappa shape index (κ3) is 5.09. The molecule has 6 rings (SSSR count). The molecule has 208 valence electrons. The van der Waals surface area contributed by atoms with Crippen molar-refractivity contribution in [3.63, 3.8) is 0 Å². The molecule has 1 aliphatic heterocycles. The van der Waals surface area contributed by atoms with Crippen LogP contribution in [0.3, 0.4) is 0 Å². The van der Waals surface area contributed by atoms with Gasteiger partial charge in [-0.25, -0.2) is 4.98 Å². The van der Waals surface area contributed by atoms with Crippen LogP contribution in [0.5, 0.6) is 0 Å². The lowest BCUT2D eigenvalue weighted by Gasteiger charge is -2.34. The number of pyridine rings is 2. The number of likely N-dealkylation sites (tertiary alicyclic amines) is 1. The number of hydrogen-bond donors (Lipinski definition) is 3. The molecule has 1 aliphatic carbocycles. The number of nitrogens with two attached hydrogens (primary N) is 1.